The summed E-state index contributed by atoms with van der Waals surface area (Å²) in [6.45, 7) is 0. The number of aryl methyl sites for hydroxylation is 1. The van der Waals surface area contributed by atoms with Crippen LogP contribution in [0.4, 0.5) is 0 Å². The highest BCUT2D eigenvalue weighted by molar-refractivity contribution is 9.10. The lowest BCUT2D eigenvalue weighted by molar-refractivity contribution is 0.496. The highest BCUT2D eigenvalue weighted by Gasteiger charge is 2.16. The molecule has 0 aliphatic heterocycles. The van der Waals surface area contributed by atoms with Crippen LogP contribution in [0.25, 0.3) is 0 Å². The van der Waals surface area contributed by atoms with Crippen molar-refractivity contribution in [1.82, 2.24) is 5.32 Å². The average molecular weight is 240 g/mol. The molecule has 1 aromatic rings. The van der Waals surface area contributed by atoms with Crippen LogP contribution < -0.4 is 5.32 Å². The second-order valence-corrected chi connectivity index (χ2v) is 4.56. The fourth-order valence-electron chi connectivity index (χ4n) is 1.97. The number of likely N-dealkylation sites (N-methyl/N-ethyl adjacent to an activating group) is 1. The van der Waals surface area contributed by atoms with Gasteiger partial charge in [-0.3, -0.25) is 0 Å². The van der Waals surface area contributed by atoms with Crippen LogP contribution in [0.2, 0.25) is 0 Å². The molecule has 0 aromatic heterocycles. The molecule has 1 aromatic carbocycles. The number of halogens is 1. The molecule has 13 heavy (non-hydrogen) atoms. The molecule has 70 valence electrons. The third-order valence-corrected chi connectivity index (χ3v) is 3.30. The minimum atomic E-state index is 0.675. The van der Waals surface area contributed by atoms with Gasteiger partial charge in [-0.1, -0.05) is 22.0 Å². The first kappa shape index (κ1) is 9.22. The van der Waals surface area contributed by atoms with Gasteiger partial charge >= 0.3 is 0 Å². The smallest absolute Gasteiger partial charge is 0.0178 e. The van der Waals surface area contributed by atoms with Gasteiger partial charge in [-0.05, 0) is 49.6 Å². The topological polar surface area (TPSA) is 12.0 Å². The first-order valence-corrected chi connectivity index (χ1v) is 5.53. The van der Waals surface area contributed by atoms with E-state index in [9.17, 15) is 0 Å². The van der Waals surface area contributed by atoms with E-state index >= 15 is 0 Å². The Morgan fingerprint density at radius 3 is 3.00 bits per heavy atom. The minimum Gasteiger partial charge on any atom is -0.317 e. The number of hydrogen-bond donors (Lipinski definition) is 1. The first-order valence-electron chi connectivity index (χ1n) is 4.74. The molecule has 0 spiro atoms. The Balaban J connectivity index is 2.26. The lowest BCUT2D eigenvalue weighted by Crippen LogP contribution is -2.31. The molecule has 1 nitrogen and oxygen atoms in total. The third-order valence-electron chi connectivity index (χ3n) is 2.81. The van der Waals surface area contributed by atoms with E-state index in [-0.39, 0.29) is 0 Å². The van der Waals surface area contributed by atoms with E-state index in [1.165, 1.54) is 34.9 Å². The fraction of sp³-hybridized carbons (Fsp3) is 0.455. The Kier molecular flexibility index (Phi) is 2.70. The summed E-state index contributed by atoms with van der Waals surface area (Å²) in [7, 11) is 2.05. The van der Waals surface area contributed by atoms with E-state index in [0.29, 0.717) is 6.04 Å². The minimum absolute atomic E-state index is 0.675. The van der Waals surface area contributed by atoms with E-state index in [0.717, 1.165) is 0 Å². The molecule has 0 saturated carbocycles. The van der Waals surface area contributed by atoms with Gasteiger partial charge in [0.15, 0.2) is 0 Å². The van der Waals surface area contributed by atoms with E-state index in [4.69, 9.17) is 0 Å². The van der Waals surface area contributed by atoms with Crippen molar-refractivity contribution in [2.45, 2.75) is 25.3 Å². The molecule has 1 N–H and O–H groups in total. The molecule has 1 atom stereocenters. The summed E-state index contributed by atoms with van der Waals surface area (Å²) in [6.07, 6.45) is 3.65. The average Bonchev–Trinajstić information content (AvgIpc) is 2.17. The lowest BCUT2D eigenvalue weighted by Gasteiger charge is -2.24. The predicted molar refractivity (Wildman–Crippen MR) is 59.0 cm³/mol. The maximum atomic E-state index is 3.51. The Labute approximate surface area is 87.7 Å². The van der Waals surface area contributed by atoms with E-state index < -0.39 is 0 Å². The molecule has 1 aliphatic rings. The first-order chi connectivity index (χ1) is 6.29. The Morgan fingerprint density at radius 2 is 2.23 bits per heavy atom. The van der Waals surface area contributed by atoms with Crippen molar-refractivity contribution in [2.75, 3.05) is 7.05 Å². The zero-order chi connectivity index (χ0) is 9.26. The van der Waals surface area contributed by atoms with Crippen molar-refractivity contribution in [2.24, 2.45) is 0 Å². The molecule has 2 heteroatoms. The van der Waals surface area contributed by atoms with Crippen molar-refractivity contribution in [3.8, 4) is 0 Å². The van der Waals surface area contributed by atoms with Crippen molar-refractivity contribution >= 4 is 15.9 Å². The van der Waals surface area contributed by atoms with E-state index in [1.807, 2.05) is 0 Å². The highest BCUT2D eigenvalue weighted by Crippen LogP contribution is 2.24. The van der Waals surface area contributed by atoms with Gasteiger partial charge in [0, 0.05) is 10.5 Å². The summed E-state index contributed by atoms with van der Waals surface area (Å²) in [5, 5.41) is 3.35. The molecule has 0 bridgehead atoms. The summed E-state index contributed by atoms with van der Waals surface area (Å²) in [6, 6.07) is 7.30. The zero-order valence-electron chi connectivity index (χ0n) is 7.81. The van der Waals surface area contributed by atoms with Gasteiger partial charge in [0.1, 0.15) is 0 Å². The predicted octanol–water partition coefficient (Wildman–Crippen LogP) is 2.53. The summed E-state index contributed by atoms with van der Waals surface area (Å²) >= 11 is 3.51. The number of nitrogens with one attached hydrogen (secondary N) is 1. The van der Waals surface area contributed by atoms with E-state index in [2.05, 4.69) is 46.5 Å². The SMILES string of the molecule is CN[C@H]1CCc2cc(Br)ccc2C1. The fourth-order valence-corrected chi connectivity index (χ4v) is 2.38. The largest absolute Gasteiger partial charge is 0.317 e. The van der Waals surface area contributed by atoms with Crippen LogP contribution in [0.1, 0.15) is 17.5 Å². The molecule has 0 heterocycles. The van der Waals surface area contributed by atoms with Crippen LogP contribution in [-0.4, -0.2) is 13.1 Å². The molecule has 0 amide bonds. The van der Waals surface area contributed by atoms with Gasteiger partial charge in [0.25, 0.3) is 0 Å². The molecule has 1 aliphatic carbocycles. The molecular weight excluding hydrogens is 226 g/mol. The summed E-state index contributed by atoms with van der Waals surface area (Å²) in [4.78, 5) is 0. The maximum Gasteiger partial charge on any atom is 0.0178 e. The van der Waals surface area contributed by atoms with Gasteiger partial charge < -0.3 is 5.32 Å². The van der Waals surface area contributed by atoms with Crippen molar-refractivity contribution < 1.29 is 0 Å². The van der Waals surface area contributed by atoms with Gasteiger partial charge in [0.05, 0.1) is 0 Å². The van der Waals surface area contributed by atoms with Crippen molar-refractivity contribution in [3.63, 3.8) is 0 Å². The summed E-state index contributed by atoms with van der Waals surface area (Å²) in [5.74, 6) is 0. The second-order valence-electron chi connectivity index (χ2n) is 3.64. The molecule has 2 rings (SSSR count). The van der Waals surface area contributed by atoms with Gasteiger partial charge in [-0.15, -0.1) is 0 Å². The van der Waals surface area contributed by atoms with Crippen LogP contribution in [0, 0.1) is 0 Å². The Bertz CT molecular complexity index is 309. The van der Waals surface area contributed by atoms with Gasteiger partial charge in [-0.2, -0.15) is 0 Å². The standard InChI is InChI=1S/C11H14BrN/c1-13-11-5-3-8-6-10(12)4-2-9(8)7-11/h2,4,6,11,13H,3,5,7H2,1H3/t11-/m0/s1. The normalized spacial score (nSPS) is 21.2. The molecule has 0 saturated heterocycles. The number of hydrogen-bond acceptors (Lipinski definition) is 1. The monoisotopic (exact) mass is 239 g/mol. The van der Waals surface area contributed by atoms with Crippen LogP contribution in [0.3, 0.4) is 0 Å². The highest BCUT2D eigenvalue weighted by atomic mass is 79.9. The number of rotatable bonds is 1. The quantitative estimate of drug-likeness (QED) is 0.795. The van der Waals surface area contributed by atoms with Crippen LogP contribution in [0.15, 0.2) is 22.7 Å². The number of benzene rings is 1. The van der Waals surface area contributed by atoms with E-state index in [1.54, 1.807) is 0 Å². The van der Waals surface area contributed by atoms with Crippen molar-refractivity contribution in [3.05, 3.63) is 33.8 Å². The number of fused-ring (bicyclic) bond motifs is 1. The van der Waals surface area contributed by atoms with Crippen molar-refractivity contribution in [1.29, 1.82) is 0 Å². The lowest BCUT2D eigenvalue weighted by atomic mass is 9.88. The zero-order valence-corrected chi connectivity index (χ0v) is 9.39. The van der Waals surface area contributed by atoms with Crippen LogP contribution >= 0.6 is 15.9 Å². The molecule has 0 fully saturated rings. The van der Waals surface area contributed by atoms with Gasteiger partial charge in [-0.25, -0.2) is 0 Å². The second kappa shape index (κ2) is 3.81. The molecule has 0 radical (unpaired) electrons. The maximum absolute atomic E-state index is 3.51. The summed E-state index contributed by atoms with van der Waals surface area (Å²) < 4.78 is 1.20. The Morgan fingerprint density at radius 1 is 1.38 bits per heavy atom. The summed E-state index contributed by atoms with van der Waals surface area (Å²) in [5.41, 5.74) is 3.02. The van der Waals surface area contributed by atoms with Crippen LogP contribution in [0.5, 0.6) is 0 Å². The molecular formula is C11H14BrN. The third kappa shape index (κ3) is 1.94. The molecule has 0 unspecified atom stereocenters. The van der Waals surface area contributed by atoms with Gasteiger partial charge in [0.2, 0.25) is 0 Å². The van der Waals surface area contributed by atoms with Crippen LogP contribution in [-0.2, 0) is 12.8 Å². The Hall–Kier alpha value is -0.340.